The first-order chi connectivity index (χ1) is 8.50. The summed E-state index contributed by atoms with van der Waals surface area (Å²) in [4.78, 5) is 11.0. The summed E-state index contributed by atoms with van der Waals surface area (Å²) in [6.45, 7) is 6.13. The number of rotatable bonds is 2. The zero-order valence-corrected chi connectivity index (χ0v) is 10.8. The molecule has 0 fully saturated rings. The summed E-state index contributed by atoms with van der Waals surface area (Å²) in [5.74, 6) is -0.887. The zero-order valence-electron chi connectivity index (χ0n) is 10.8. The van der Waals surface area contributed by atoms with Gasteiger partial charge in [-0.25, -0.2) is 4.79 Å². The molecular formula is C16H16O2. The second-order valence-corrected chi connectivity index (χ2v) is 4.58. The minimum absolute atomic E-state index is 0.330. The van der Waals surface area contributed by atoms with Gasteiger partial charge in [0.1, 0.15) is 0 Å². The molecule has 1 N–H and O–H groups in total. The van der Waals surface area contributed by atoms with Crippen LogP contribution in [0.4, 0.5) is 0 Å². The Morgan fingerprint density at radius 1 is 0.944 bits per heavy atom. The molecular weight excluding hydrogens is 224 g/mol. The van der Waals surface area contributed by atoms with Crippen LogP contribution in [0.3, 0.4) is 0 Å². The quantitative estimate of drug-likeness (QED) is 0.862. The van der Waals surface area contributed by atoms with Crippen molar-refractivity contribution in [2.24, 2.45) is 0 Å². The molecule has 92 valence electrons. The van der Waals surface area contributed by atoms with E-state index in [1.807, 2.05) is 25.1 Å². The van der Waals surface area contributed by atoms with Crippen molar-refractivity contribution in [3.63, 3.8) is 0 Å². The van der Waals surface area contributed by atoms with Crippen molar-refractivity contribution in [3.8, 4) is 11.1 Å². The van der Waals surface area contributed by atoms with Crippen LogP contribution in [0.2, 0.25) is 0 Å². The standard InChI is InChI=1S/C16H16O2/c1-10-5-4-6-14(12(10)3)15-9-13(16(17)18)8-7-11(15)2/h4-9H,1-3H3,(H,17,18). The Labute approximate surface area is 107 Å². The van der Waals surface area contributed by atoms with E-state index in [-0.39, 0.29) is 0 Å². The van der Waals surface area contributed by atoms with E-state index >= 15 is 0 Å². The van der Waals surface area contributed by atoms with E-state index in [0.29, 0.717) is 5.56 Å². The predicted octanol–water partition coefficient (Wildman–Crippen LogP) is 3.98. The van der Waals surface area contributed by atoms with Crippen LogP contribution < -0.4 is 0 Å². The van der Waals surface area contributed by atoms with Crippen LogP contribution in [0.1, 0.15) is 27.0 Å². The van der Waals surface area contributed by atoms with Gasteiger partial charge in [0.25, 0.3) is 0 Å². The van der Waals surface area contributed by atoms with Gasteiger partial charge in [-0.05, 0) is 60.7 Å². The maximum absolute atomic E-state index is 11.0. The van der Waals surface area contributed by atoms with E-state index in [1.54, 1.807) is 12.1 Å². The molecule has 0 amide bonds. The van der Waals surface area contributed by atoms with E-state index in [2.05, 4.69) is 19.9 Å². The van der Waals surface area contributed by atoms with Crippen molar-refractivity contribution < 1.29 is 9.90 Å². The normalized spacial score (nSPS) is 10.4. The van der Waals surface area contributed by atoms with Crippen LogP contribution in [0, 0.1) is 20.8 Å². The van der Waals surface area contributed by atoms with Crippen molar-refractivity contribution in [2.75, 3.05) is 0 Å². The van der Waals surface area contributed by atoms with Crippen molar-refractivity contribution in [1.82, 2.24) is 0 Å². The number of benzene rings is 2. The molecule has 0 atom stereocenters. The minimum Gasteiger partial charge on any atom is -0.478 e. The molecule has 2 aromatic carbocycles. The fourth-order valence-electron chi connectivity index (χ4n) is 2.09. The second-order valence-electron chi connectivity index (χ2n) is 4.58. The van der Waals surface area contributed by atoms with Crippen molar-refractivity contribution in [2.45, 2.75) is 20.8 Å². The fraction of sp³-hybridized carbons (Fsp3) is 0.188. The number of carboxylic acid groups (broad SMARTS) is 1. The molecule has 0 aliphatic carbocycles. The third-order valence-electron chi connectivity index (χ3n) is 3.38. The van der Waals surface area contributed by atoms with Gasteiger partial charge in [0.05, 0.1) is 5.56 Å². The average molecular weight is 240 g/mol. The lowest BCUT2D eigenvalue weighted by Gasteiger charge is -2.12. The summed E-state index contributed by atoms with van der Waals surface area (Å²) >= 11 is 0. The number of carboxylic acids is 1. The van der Waals surface area contributed by atoms with Gasteiger partial charge in [0.15, 0.2) is 0 Å². The molecule has 0 aliphatic rings. The maximum Gasteiger partial charge on any atom is 0.335 e. The number of aryl methyl sites for hydroxylation is 2. The molecule has 0 saturated carbocycles. The first-order valence-electron chi connectivity index (χ1n) is 5.91. The Morgan fingerprint density at radius 2 is 1.67 bits per heavy atom. The molecule has 2 rings (SSSR count). The minimum atomic E-state index is -0.887. The molecule has 0 unspecified atom stereocenters. The Hall–Kier alpha value is -2.09. The van der Waals surface area contributed by atoms with Crippen LogP contribution in [-0.2, 0) is 0 Å². The maximum atomic E-state index is 11.0. The first kappa shape index (κ1) is 12.4. The Bertz CT molecular complexity index is 612. The lowest BCUT2D eigenvalue weighted by Crippen LogP contribution is -1.98. The molecule has 0 saturated heterocycles. The highest BCUT2D eigenvalue weighted by Gasteiger charge is 2.10. The van der Waals surface area contributed by atoms with Crippen LogP contribution in [-0.4, -0.2) is 11.1 Å². The monoisotopic (exact) mass is 240 g/mol. The number of hydrogen-bond donors (Lipinski definition) is 1. The highest BCUT2D eigenvalue weighted by atomic mass is 16.4. The van der Waals surface area contributed by atoms with E-state index in [1.165, 1.54) is 11.1 Å². The predicted molar refractivity (Wildman–Crippen MR) is 73.0 cm³/mol. The van der Waals surface area contributed by atoms with Crippen LogP contribution in [0.5, 0.6) is 0 Å². The van der Waals surface area contributed by atoms with Gasteiger partial charge >= 0.3 is 5.97 Å². The third-order valence-corrected chi connectivity index (χ3v) is 3.38. The van der Waals surface area contributed by atoms with Gasteiger partial charge in [0, 0.05) is 0 Å². The molecule has 2 nitrogen and oxygen atoms in total. The lowest BCUT2D eigenvalue weighted by atomic mass is 9.93. The zero-order chi connectivity index (χ0) is 13.3. The van der Waals surface area contributed by atoms with Crippen molar-refractivity contribution in [3.05, 3.63) is 58.7 Å². The number of hydrogen-bond acceptors (Lipinski definition) is 1. The Balaban J connectivity index is 2.66. The van der Waals surface area contributed by atoms with Gasteiger partial charge < -0.3 is 5.11 Å². The molecule has 0 aromatic heterocycles. The molecule has 0 heterocycles. The highest BCUT2D eigenvalue weighted by molar-refractivity contribution is 5.90. The summed E-state index contributed by atoms with van der Waals surface area (Å²) < 4.78 is 0. The van der Waals surface area contributed by atoms with E-state index < -0.39 is 5.97 Å². The molecule has 0 bridgehead atoms. The van der Waals surface area contributed by atoms with Crippen molar-refractivity contribution >= 4 is 5.97 Å². The van der Waals surface area contributed by atoms with E-state index in [0.717, 1.165) is 16.7 Å². The summed E-state index contributed by atoms with van der Waals surface area (Å²) in [5, 5.41) is 9.07. The van der Waals surface area contributed by atoms with Crippen molar-refractivity contribution in [1.29, 1.82) is 0 Å². The summed E-state index contributed by atoms with van der Waals surface area (Å²) in [6.07, 6.45) is 0. The molecule has 0 aliphatic heterocycles. The third kappa shape index (κ3) is 2.14. The van der Waals surface area contributed by atoms with Gasteiger partial charge in [-0.15, -0.1) is 0 Å². The Morgan fingerprint density at radius 3 is 2.33 bits per heavy atom. The van der Waals surface area contributed by atoms with Gasteiger partial charge in [0.2, 0.25) is 0 Å². The lowest BCUT2D eigenvalue weighted by molar-refractivity contribution is 0.0697. The SMILES string of the molecule is Cc1ccc(C(=O)O)cc1-c1cccc(C)c1C. The summed E-state index contributed by atoms with van der Waals surface area (Å²) in [7, 11) is 0. The molecule has 18 heavy (non-hydrogen) atoms. The molecule has 2 aromatic rings. The molecule has 0 spiro atoms. The van der Waals surface area contributed by atoms with Crippen LogP contribution in [0.15, 0.2) is 36.4 Å². The average Bonchev–Trinajstić information content (AvgIpc) is 2.33. The van der Waals surface area contributed by atoms with E-state index in [9.17, 15) is 4.79 Å². The van der Waals surface area contributed by atoms with Gasteiger partial charge in [-0.1, -0.05) is 24.3 Å². The van der Waals surface area contributed by atoms with Crippen LogP contribution in [0.25, 0.3) is 11.1 Å². The molecule has 0 radical (unpaired) electrons. The number of aromatic carboxylic acids is 1. The van der Waals surface area contributed by atoms with Crippen LogP contribution >= 0.6 is 0 Å². The smallest absolute Gasteiger partial charge is 0.335 e. The highest BCUT2D eigenvalue weighted by Crippen LogP contribution is 2.29. The summed E-state index contributed by atoms with van der Waals surface area (Å²) in [6, 6.07) is 11.4. The summed E-state index contributed by atoms with van der Waals surface area (Å²) in [5.41, 5.74) is 5.94. The number of carbonyl (C=O) groups is 1. The Kier molecular flexibility index (Phi) is 3.19. The topological polar surface area (TPSA) is 37.3 Å². The van der Waals surface area contributed by atoms with Gasteiger partial charge in [-0.3, -0.25) is 0 Å². The fourth-order valence-corrected chi connectivity index (χ4v) is 2.09. The van der Waals surface area contributed by atoms with Gasteiger partial charge in [-0.2, -0.15) is 0 Å². The molecule has 2 heteroatoms. The first-order valence-corrected chi connectivity index (χ1v) is 5.91. The second kappa shape index (κ2) is 4.65. The largest absolute Gasteiger partial charge is 0.478 e. The van der Waals surface area contributed by atoms with E-state index in [4.69, 9.17) is 5.11 Å².